The zero-order valence-corrected chi connectivity index (χ0v) is 10.7. The van der Waals surface area contributed by atoms with Crippen LogP contribution in [0, 0.1) is 0 Å². The van der Waals surface area contributed by atoms with E-state index in [1.165, 1.54) is 12.7 Å². The van der Waals surface area contributed by atoms with Gasteiger partial charge in [0.2, 0.25) is 5.78 Å². The number of hydrogen-bond acceptors (Lipinski definition) is 3. The second-order valence-electron chi connectivity index (χ2n) is 4.40. The van der Waals surface area contributed by atoms with E-state index in [1.54, 1.807) is 6.92 Å². The van der Waals surface area contributed by atoms with Crippen LogP contribution in [0.2, 0.25) is 0 Å². The fourth-order valence-corrected chi connectivity index (χ4v) is 1.60. The number of methoxy groups -OCH3 is 1. The number of carbonyl (C=O) groups excluding carboxylic acids is 2. The molecule has 1 aromatic carbocycles. The van der Waals surface area contributed by atoms with Gasteiger partial charge in [0.1, 0.15) is 0 Å². The Labute approximate surface area is 102 Å². The molecule has 0 aliphatic carbocycles. The summed E-state index contributed by atoms with van der Waals surface area (Å²) in [7, 11) is 1.22. The van der Waals surface area contributed by atoms with Gasteiger partial charge in [0.05, 0.1) is 13.0 Å². The summed E-state index contributed by atoms with van der Waals surface area (Å²) in [6.07, 6.45) is 0. The normalized spacial score (nSPS) is 12.3. The lowest BCUT2D eigenvalue weighted by molar-refractivity contribution is -0.152. The number of benzene rings is 1. The molecule has 0 heterocycles. The Balaban J connectivity index is 2.86. The van der Waals surface area contributed by atoms with Gasteiger partial charge in [0.15, 0.2) is 0 Å². The third-order valence-electron chi connectivity index (χ3n) is 2.88. The van der Waals surface area contributed by atoms with Gasteiger partial charge in [0, 0.05) is 0 Å². The van der Waals surface area contributed by atoms with Crippen molar-refractivity contribution in [2.24, 2.45) is 0 Å². The van der Waals surface area contributed by atoms with Crippen LogP contribution in [-0.2, 0) is 14.3 Å². The van der Waals surface area contributed by atoms with Crippen molar-refractivity contribution in [3.05, 3.63) is 35.4 Å². The molecule has 0 aliphatic rings. The number of Topliss-reactive ketones (excluding diaryl/α,β-unsaturated/α-hetero) is 1. The van der Waals surface area contributed by atoms with Crippen molar-refractivity contribution in [3.63, 3.8) is 0 Å². The minimum Gasteiger partial charge on any atom is -0.463 e. The van der Waals surface area contributed by atoms with Gasteiger partial charge >= 0.3 is 5.97 Å². The first kappa shape index (κ1) is 13.4. The highest BCUT2D eigenvalue weighted by molar-refractivity contribution is 6.35. The van der Waals surface area contributed by atoms with Crippen LogP contribution in [0.3, 0.4) is 0 Å². The van der Waals surface area contributed by atoms with Gasteiger partial charge in [-0.3, -0.25) is 4.79 Å². The monoisotopic (exact) mass is 234 g/mol. The average Bonchev–Trinajstić information content (AvgIpc) is 2.36. The van der Waals surface area contributed by atoms with Crippen molar-refractivity contribution in [2.45, 2.75) is 32.6 Å². The van der Waals surface area contributed by atoms with Crippen molar-refractivity contribution in [3.8, 4) is 0 Å². The molecule has 0 amide bonds. The van der Waals surface area contributed by atoms with Gasteiger partial charge in [-0.2, -0.15) is 0 Å². The Bertz CT molecular complexity index is 404. The van der Waals surface area contributed by atoms with Crippen LogP contribution in [-0.4, -0.2) is 18.9 Å². The van der Waals surface area contributed by atoms with Crippen LogP contribution >= 0.6 is 0 Å². The summed E-state index contributed by atoms with van der Waals surface area (Å²) in [6, 6.07) is 7.75. The molecule has 0 fully saturated rings. The Hall–Kier alpha value is -1.64. The highest BCUT2D eigenvalue weighted by Gasteiger charge is 2.23. The molecule has 0 spiro atoms. The number of ketones is 1. The number of esters is 1. The maximum atomic E-state index is 11.6. The van der Waals surface area contributed by atoms with E-state index < -0.39 is 17.7 Å². The van der Waals surface area contributed by atoms with E-state index in [2.05, 4.69) is 18.6 Å². The Morgan fingerprint density at radius 2 is 1.47 bits per heavy atom. The standard InChI is InChI=1S/C14H18O3/c1-9(2)11-5-7-12(8-6-11)10(3)13(15)14(16)17-4/h5-10H,1-4H3. The third-order valence-corrected chi connectivity index (χ3v) is 2.88. The summed E-state index contributed by atoms with van der Waals surface area (Å²) < 4.78 is 4.43. The molecule has 1 atom stereocenters. The first-order valence-electron chi connectivity index (χ1n) is 5.69. The molecular formula is C14H18O3. The van der Waals surface area contributed by atoms with Gasteiger partial charge in [-0.05, 0) is 17.0 Å². The van der Waals surface area contributed by atoms with Gasteiger partial charge in [-0.15, -0.1) is 0 Å². The summed E-state index contributed by atoms with van der Waals surface area (Å²) in [5.41, 5.74) is 2.05. The van der Waals surface area contributed by atoms with Gasteiger partial charge in [-0.1, -0.05) is 45.0 Å². The predicted octanol–water partition coefficient (Wildman–Crippen LogP) is 2.66. The molecule has 0 saturated carbocycles. The summed E-state index contributed by atoms with van der Waals surface area (Å²) in [6.45, 7) is 5.93. The molecule has 0 N–H and O–H groups in total. The number of rotatable bonds is 4. The van der Waals surface area contributed by atoms with Gasteiger partial charge in [0.25, 0.3) is 0 Å². The highest BCUT2D eigenvalue weighted by Crippen LogP contribution is 2.20. The van der Waals surface area contributed by atoms with E-state index in [9.17, 15) is 9.59 Å². The van der Waals surface area contributed by atoms with E-state index >= 15 is 0 Å². The fraction of sp³-hybridized carbons (Fsp3) is 0.429. The Kier molecular flexibility index (Phi) is 4.44. The zero-order chi connectivity index (χ0) is 13.0. The molecule has 0 aromatic heterocycles. The second-order valence-corrected chi connectivity index (χ2v) is 4.40. The largest absolute Gasteiger partial charge is 0.463 e. The molecule has 0 saturated heterocycles. The van der Waals surface area contributed by atoms with Crippen LogP contribution in [0.25, 0.3) is 0 Å². The fourth-order valence-electron chi connectivity index (χ4n) is 1.60. The Morgan fingerprint density at radius 3 is 1.88 bits per heavy atom. The summed E-state index contributed by atoms with van der Waals surface area (Å²) in [5.74, 6) is -1.30. The first-order valence-corrected chi connectivity index (χ1v) is 5.69. The van der Waals surface area contributed by atoms with E-state index in [4.69, 9.17) is 0 Å². The summed E-state index contributed by atoms with van der Waals surface area (Å²) in [4.78, 5) is 22.7. The number of carbonyl (C=O) groups is 2. The zero-order valence-electron chi connectivity index (χ0n) is 10.7. The smallest absolute Gasteiger partial charge is 0.374 e. The molecule has 92 valence electrons. The molecule has 0 aliphatic heterocycles. The molecule has 0 radical (unpaired) electrons. The molecule has 1 aromatic rings. The quantitative estimate of drug-likeness (QED) is 0.594. The lowest BCUT2D eigenvalue weighted by atomic mass is 9.93. The van der Waals surface area contributed by atoms with Crippen LogP contribution in [0.1, 0.15) is 43.7 Å². The first-order chi connectivity index (χ1) is 7.97. The molecule has 0 bridgehead atoms. The maximum absolute atomic E-state index is 11.6. The van der Waals surface area contributed by atoms with Crippen LogP contribution in [0.4, 0.5) is 0 Å². The molecule has 3 nitrogen and oxygen atoms in total. The molecular weight excluding hydrogens is 216 g/mol. The number of hydrogen-bond donors (Lipinski definition) is 0. The molecule has 1 rings (SSSR count). The van der Waals surface area contributed by atoms with E-state index in [0.29, 0.717) is 5.92 Å². The van der Waals surface area contributed by atoms with Crippen molar-refractivity contribution < 1.29 is 14.3 Å². The lowest BCUT2D eigenvalue weighted by Gasteiger charge is -2.11. The van der Waals surface area contributed by atoms with E-state index in [0.717, 1.165) is 5.56 Å². The molecule has 17 heavy (non-hydrogen) atoms. The molecule has 1 unspecified atom stereocenters. The van der Waals surface area contributed by atoms with Crippen molar-refractivity contribution in [2.75, 3.05) is 7.11 Å². The maximum Gasteiger partial charge on any atom is 0.374 e. The van der Waals surface area contributed by atoms with Crippen molar-refractivity contribution in [1.82, 2.24) is 0 Å². The van der Waals surface area contributed by atoms with Crippen molar-refractivity contribution >= 4 is 11.8 Å². The molecule has 3 heteroatoms. The lowest BCUT2D eigenvalue weighted by Crippen LogP contribution is -2.21. The predicted molar refractivity (Wildman–Crippen MR) is 66.0 cm³/mol. The Morgan fingerprint density at radius 1 is 1.00 bits per heavy atom. The van der Waals surface area contributed by atoms with E-state index in [1.807, 2.05) is 24.3 Å². The van der Waals surface area contributed by atoms with Crippen molar-refractivity contribution in [1.29, 1.82) is 0 Å². The average molecular weight is 234 g/mol. The minimum absolute atomic E-state index is 0.454. The van der Waals surface area contributed by atoms with Gasteiger partial charge < -0.3 is 4.74 Å². The SMILES string of the molecule is COC(=O)C(=O)C(C)c1ccc(C(C)C)cc1. The topological polar surface area (TPSA) is 43.4 Å². The third kappa shape index (κ3) is 3.16. The van der Waals surface area contributed by atoms with Crippen LogP contribution in [0.15, 0.2) is 24.3 Å². The van der Waals surface area contributed by atoms with Crippen LogP contribution < -0.4 is 0 Å². The number of ether oxygens (including phenoxy) is 1. The second kappa shape index (κ2) is 5.62. The summed E-state index contributed by atoms with van der Waals surface area (Å²) in [5, 5.41) is 0. The van der Waals surface area contributed by atoms with Crippen LogP contribution in [0.5, 0.6) is 0 Å². The minimum atomic E-state index is -0.787. The van der Waals surface area contributed by atoms with Gasteiger partial charge in [-0.25, -0.2) is 4.79 Å². The summed E-state index contributed by atoms with van der Waals surface area (Å²) >= 11 is 0. The van der Waals surface area contributed by atoms with E-state index in [-0.39, 0.29) is 0 Å². The highest BCUT2D eigenvalue weighted by atomic mass is 16.5.